The van der Waals surface area contributed by atoms with Crippen LogP contribution in [0.25, 0.3) is 20.9 Å². The number of hydrogen-bond donors (Lipinski definition) is 0. The number of esters is 1. The van der Waals surface area contributed by atoms with E-state index < -0.39 is 10.9 Å². The third kappa shape index (κ3) is 5.98. The first-order chi connectivity index (χ1) is 19.2. The zero-order valence-electron chi connectivity index (χ0n) is 22.2. The number of para-hydroxylation sites is 2. The van der Waals surface area contributed by atoms with Crippen LogP contribution in [-0.2, 0) is 10.2 Å². The molecule has 0 aliphatic heterocycles. The van der Waals surface area contributed by atoms with Crippen LogP contribution in [-0.4, -0.2) is 15.9 Å². The van der Waals surface area contributed by atoms with E-state index in [4.69, 9.17) is 9.72 Å². The molecule has 0 bridgehead atoms. The Bertz CT molecular complexity index is 1690. The topological polar surface area (TPSA) is 82.3 Å². The van der Waals surface area contributed by atoms with Crippen LogP contribution < -0.4 is 0 Å². The second-order valence-electron chi connectivity index (χ2n) is 10.1. The average Bonchev–Trinajstić information content (AvgIpc) is 3.39. The molecule has 200 valence electrons. The number of thioether (sulfide) groups is 1. The number of rotatable bonds is 7. The van der Waals surface area contributed by atoms with Gasteiger partial charge in [0.25, 0.3) is 5.69 Å². The van der Waals surface area contributed by atoms with Crippen LogP contribution in [0.3, 0.4) is 0 Å². The molecule has 5 rings (SSSR count). The number of carbonyl (C=O) groups is 1. The molecule has 0 aliphatic rings. The number of nitro groups is 1. The van der Waals surface area contributed by atoms with Gasteiger partial charge in [-0.3, -0.25) is 10.1 Å². The zero-order chi connectivity index (χ0) is 28.3. The van der Waals surface area contributed by atoms with Gasteiger partial charge in [0.2, 0.25) is 0 Å². The molecule has 0 fully saturated rings. The Hall–Kier alpha value is -4.27. The molecular formula is C32H26N2O4S2. The molecule has 0 spiro atoms. The number of thiazole rings is 1. The van der Waals surface area contributed by atoms with E-state index in [2.05, 4.69) is 20.8 Å². The van der Waals surface area contributed by atoms with Crippen LogP contribution in [0.5, 0.6) is 0 Å². The predicted molar refractivity (Wildman–Crippen MR) is 162 cm³/mol. The molecule has 6 nitrogen and oxygen atoms in total. The molecule has 0 radical (unpaired) electrons. The number of aromatic nitrogens is 1. The van der Waals surface area contributed by atoms with Crippen LogP contribution in [0.4, 0.5) is 5.69 Å². The van der Waals surface area contributed by atoms with Crippen molar-refractivity contribution in [3.05, 3.63) is 135 Å². The van der Waals surface area contributed by atoms with Gasteiger partial charge in [0, 0.05) is 11.6 Å². The minimum atomic E-state index is -0.527. The average molecular weight is 567 g/mol. The molecule has 0 aliphatic carbocycles. The fraction of sp³-hybridized carbons (Fsp3) is 0.125. The van der Waals surface area contributed by atoms with Crippen molar-refractivity contribution in [2.75, 3.05) is 0 Å². The SMILES string of the molecule is CC(C)(C)c1ccc(C(=O)O/C(=C(\Sc2ccccc2[N+](=O)[O-])c2nc3ccccc3s2)c2ccccc2)cc1. The van der Waals surface area contributed by atoms with Crippen molar-refractivity contribution in [3.8, 4) is 0 Å². The van der Waals surface area contributed by atoms with Crippen molar-refractivity contribution in [2.45, 2.75) is 31.1 Å². The number of fused-ring (bicyclic) bond motifs is 1. The van der Waals surface area contributed by atoms with E-state index in [1.54, 1.807) is 30.3 Å². The summed E-state index contributed by atoms with van der Waals surface area (Å²) in [5.41, 5.74) is 2.86. The lowest BCUT2D eigenvalue weighted by molar-refractivity contribution is -0.387. The molecule has 40 heavy (non-hydrogen) atoms. The summed E-state index contributed by atoms with van der Waals surface area (Å²) >= 11 is 2.61. The summed E-state index contributed by atoms with van der Waals surface area (Å²) < 4.78 is 7.10. The van der Waals surface area contributed by atoms with E-state index >= 15 is 0 Å². The van der Waals surface area contributed by atoms with Gasteiger partial charge in [-0.1, -0.05) is 99.3 Å². The van der Waals surface area contributed by atoms with E-state index in [-0.39, 0.29) is 16.9 Å². The molecule has 0 unspecified atom stereocenters. The molecule has 0 atom stereocenters. The van der Waals surface area contributed by atoms with E-state index in [0.717, 1.165) is 15.8 Å². The number of nitro benzene ring substituents is 1. The Kier molecular flexibility index (Phi) is 7.82. The molecule has 4 aromatic carbocycles. The Labute approximate surface area is 240 Å². The third-order valence-electron chi connectivity index (χ3n) is 6.19. The van der Waals surface area contributed by atoms with Crippen molar-refractivity contribution in [1.82, 2.24) is 4.98 Å². The van der Waals surface area contributed by atoms with E-state index in [0.29, 0.717) is 25.9 Å². The first-order valence-electron chi connectivity index (χ1n) is 12.6. The maximum atomic E-state index is 13.5. The van der Waals surface area contributed by atoms with Gasteiger partial charge in [-0.15, -0.1) is 11.3 Å². The summed E-state index contributed by atoms with van der Waals surface area (Å²) in [6.07, 6.45) is 0. The van der Waals surface area contributed by atoms with E-state index in [1.165, 1.54) is 29.2 Å². The van der Waals surface area contributed by atoms with Crippen molar-refractivity contribution in [1.29, 1.82) is 0 Å². The summed E-state index contributed by atoms with van der Waals surface area (Å²) in [5.74, 6) is -0.242. The Morgan fingerprint density at radius 2 is 1.50 bits per heavy atom. The monoisotopic (exact) mass is 566 g/mol. The highest BCUT2D eigenvalue weighted by Gasteiger charge is 2.25. The second kappa shape index (κ2) is 11.5. The van der Waals surface area contributed by atoms with Gasteiger partial charge < -0.3 is 4.74 Å². The van der Waals surface area contributed by atoms with Crippen LogP contribution in [0.1, 0.15) is 47.3 Å². The highest BCUT2D eigenvalue weighted by Crippen LogP contribution is 2.45. The fourth-order valence-electron chi connectivity index (χ4n) is 4.04. The molecular weight excluding hydrogens is 540 g/mol. The first kappa shape index (κ1) is 27.3. The molecule has 8 heteroatoms. The Morgan fingerprint density at radius 3 is 2.17 bits per heavy atom. The van der Waals surface area contributed by atoms with Gasteiger partial charge in [-0.2, -0.15) is 0 Å². The van der Waals surface area contributed by atoms with Crippen LogP contribution >= 0.6 is 23.1 Å². The number of hydrogen-bond acceptors (Lipinski definition) is 7. The lowest BCUT2D eigenvalue weighted by Gasteiger charge is -2.19. The number of nitrogens with zero attached hydrogens (tertiary/aromatic N) is 2. The van der Waals surface area contributed by atoms with Crippen molar-refractivity contribution in [3.63, 3.8) is 0 Å². The highest BCUT2D eigenvalue weighted by molar-refractivity contribution is 8.08. The maximum Gasteiger partial charge on any atom is 0.343 e. The summed E-state index contributed by atoms with van der Waals surface area (Å²) in [5, 5.41) is 12.5. The Morgan fingerprint density at radius 1 is 0.850 bits per heavy atom. The van der Waals surface area contributed by atoms with Crippen molar-refractivity contribution < 1.29 is 14.5 Å². The van der Waals surface area contributed by atoms with Gasteiger partial charge in [0.15, 0.2) is 5.76 Å². The van der Waals surface area contributed by atoms with Crippen molar-refractivity contribution in [2.24, 2.45) is 0 Å². The zero-order valence-corrected chi connectivity index (χ0v) is 23.8. The first-order valence-corrected chi connectivity index (χ1v) is 14.2. The van der Waals surface area contributed by atoms with Crippen molar-refractivity contribution >= 4 is 55.6 Å². The minimum absolute atomic E-state index is 0.0392. The maximum absolute atomic E-state index is 13.5. The highest BCUT2D eigenvalue weighted by atomic mass is 32.2. The molecule has 0 N–H and O–H groups in total. The Balaban J connectivity index is 1.68. The third-order valence-corrected chi connectivity index (χ3v) is 8.52. The summed E-state index contributed by atoms with van der Waals surface area (Å²) in [6.45, 7) is 6.34. The van der Waals surface area contributed by atoms with E-state index in [9.17, 15) is 14.9 Å². The largest absolute Gasteiger partial charge is 0.421 e. The predicted octanol–water partition coefficient (Wildman–Crippen LogP) is 8.98. The normalized spacial score (nSPS) is 12.2. The van der Waals surface area contributed by atoms with Gasteiger partial charge in [-0.25, -0.2) is 9.78 Å². The smallest absolute Gasteiger partial charge is 0.343 e. The fourth-order valence-corrected chi connectivity index (χ4v) is 6.20. The number of carbonyl (C=O) groups excluding carboxylic acids is 1. The molecule has 1 heterocycles. The lowest BCUT2D eigenvalue weighted by atomic mass is 9.87. The van der Waals surface area contributed by atoms with Crippen LogP contribution in [0.2, 0.25) is 0 Å². The molecule has 1 aromatic heterocycles. The quantitative estimate of drug-likeness (QED) is 0.0643. The standard InChI is InChI=1S/C32H26N2O4S2/c1-32(2,3)23-19-17-22(18-20-23)31(35)38-28(21-11-5-4-6-12-21)29(30-33-24-13-7-9-15-26(24)40-30)39-27-16-10-8-14-25(27)34(36)37/h4-20H,1-3H3/b29-28-. The summed E-state index contributed by atoms with van der Waals surface area (Å²) in [4.78, 5) is 30.7. The summed E-state index contributed by atoms with van der Waals surface area (Å²) in [6, 6.07) is 30.9. The van der Waals surface area contributed by atoms with Gasteiger partial charge >= 0.3 is 5.97 Å². The second-order valence-corrected chi connectivity index (χ2v) is 12.1. The number of ether oxygens (including phenoxy) is 1. The van der Waals surface area contributed by atoms with Gasteiger partial charge in [-0.05, 0) is 41.3 Å². The molecule has 0 saturated carbocycles. The van der Waals surface area contributed by atoms with Gasteiger partial charge in [0.05, 0.1) is 30.5 Å². The van der Waals surface area contributed by atoms with Crippen LogP contribution in [0, 0.1) is 10.1 Å². The van der Waals surface area contributed by atoms with E-state index in [1.807, 2.05) is 66.7 Å². The number of benzene rings is 4. The van der Waals surface area contributed by atoms with Crippen LogP contribution in [0.15, 0.2) is 108 Å². The molecule has 5 aromatic rings. The van der Waals surface area contributed by atoms with Gasteiger partial charge in [0.1, 0.15) is 5.01 Å². The molecule has 0 amide bonds. The molecule has 0 saturated heterocycles. The minimum Gasteiger partial charge on any atom is -0.421 e. The lowest BCUT2D eigenvalue weighted by Crippen LogP contribution is -2.12. The summed E-state index contributed by atoms with van der Waals surface area (Å²) in [7, 11) is 0.